The van der Waals surface area contributed by atoms with Gasteiger partial charge in [0.1, 0.15) is 5.75 Å². The summed E-state index contributed by atoms with van der Waals surface area (Å²) in [6.07, 6.45) is 5.43. The van der Waals surface area contributed by atoms with Gasteiger partial charge in [-0.25, -0.2) is 9.97 Å². The minimum atomic E-state index is -0.0538. The molecule has 182 valence electrons. The number of carbonyl (C=O) groups excluding carboxylic acids is 1. The first-order valence-electron chi connectivity index (χ1n) is 12.4. The lowest BCUT2D eigenvalue weighted by Crippen LogP contribution is -2.44. The van der Waals surface area contributed by atoms with Crippen molar-refractivity contribution in [3.63, 3.8) is 0 Å². The average molecular weight is 479 g/mol. The molecule has 1 fully saturated rings. The molecule has 0 spiro atoms. The molecule has 0 atom stereocenters. The van der Waals surface area contributed by atoms with Crippen molar-refractivity contribution in [3.05, 3.63) is 108 Å². The van der Waals surface area contributed by atoms with E-state index in [4.69, 9.17) is 4.74 Å². The first-order chi connectivity index (χ1) is 17.6. The van der Waals surface area contributed by atoms with Crippen molar-refractivity contribution in [1.82, 2.24) is 20.2 Å². The lowest BCUT2D eigenvalue weighted by atomic mass is 10.0. The van der Waals surface area contributed by atoms with E-state index in [1.807, 2.05) is 24.3 Å². The zero-order chi connectivity index (χ0) is 24.7. The monoisotopic (exact) mass is 478 g/mol. The van der Waals surface area contributed by atoms with E-state index in [-0.39, 0.29) is 18.0 Å². The number of rotatable bonds is 7. The maximum atomic E-state index is 12.8. The molecule has 6 nitrogen and oxygen atoms in total. The second-order valence-electron chi connectivity index (χ2n) is 9.21. The Hall–Kier alpha value is -4.03. The molecule has 1 aliphatic heterocycles. The Morgan fingerprint density at radius 3 is 2.28 bits per heavy atom. The number of amides is 1. The fourth-order valence-electron chi connectivity index (χ4n) is 4.53. The van der Waals surface area contributed by atoms with Gasteiger partial charge in [0, 0.05) is 49.2 Å². The standard InChI is InChI=1S/C30H30N4O2/c1-22-7-5-6-10-28(22)25-19-31-30(32-20-25)36-27-13-11-24(12-14-27)29(35)33-26-15-17-34(18-16-26)21-23-8-3-2-4-9-23/h2-14,19-20,26H,15-18,21H2,1H3,(H,33,35). The van der Waals surface area contributed by atoms with Crippen LogP contribution in [0.2, 0.25) is 0 Å². The van der Waals surface area contributed by atoms with Crippen molar-refractivity contribution in [2.24, 2.45) is 0 Å². The highest BCUT2D eigenvalue weighted by Gasteiger charge is 2.21. The molecule has 1 N–H and O–H groups in total. The summed E-state index contributed by atoms with van der Waals surface area (Å²) < 4.78 is 5.79. The summed E-state index contributed by atoms with van der Waals surface area (Å²) in [4.78, 5) is 23.9. The molecule has 6 heteroatoms. The topological polar surface area (TPSA) is 67.3 Å². The van der Waals surface area contributed by atoms with Gasteiger partial charge < -0.3 is 10.1 Å². The van der Waals surface area contributed by atoms with Gasteiger partial charge in [-0.05, 0) is 60.7 Å². The molecule has 0 radical (unpaired) electrons. The zero-order valence-electron chi connectivity index (χ0n) is 20.4. The van der Waals surface area contributed by atoms with Crippen LogP contribution in [0.25, 0.3) is 11.1 Å². The van der Waals surface area contributed by atoms with E-state index >= 15 is 0 Å². The Morgan fingerprint density at radius 2 is 1.58 bits per heavy atom. The summed E-state index contributed by atoms with van der Waals surface area (Å²) in [5, 5.41) is 3.18. The Kier molecular flexibility index (Phi) is 7.33. The molecular formula is C30H30N4O2. The third-order valence-electron chi connectivity index (χ3n) is 6.58. The van der Waals surface area contributed by atoms with E-state index in [0.29, 0.717) is 11.3 Å². The summed E-state index contributed by atoms with van der Waals surface area (Å²) in [5.41, 5.74) is 5.15. The SMILES string of the molecule is Cc1ccccc1-c1cnc(Oc2ccc(C(=O)NC3CCN(Cc4ccccc4)CC3)cc2)nc1. The predicted molar refractivity (Wildman–Crippen MR) is 141 cm³/mol. The minimum Gasteiger partial charge on any atom is -0.424 e. The molecule has 36 heavy (non-hydrogen) atoms. The van der Waals surface area contributed by atoms with Gasteiger partial charge in [-0.1, -0.05) is 54.6 Å². The van der Waals surface area contributed by atoms with Gasteiger partial charge in [-0.3, -0.25) is 9.69 Å². The van der Waals surface area contributed by atoms with Crippen molar-refractivity contribution in [3.8, 4) is 22.9 Å². The Balaban J connectivity index is 1.11. The number of benzene rings is 3. The van der Waals surface area contributed by atoms with Crippen molar-refractivity contribution in [1.29, 1.82) is 0 Å². The van der Waals surface area contributed by atoms with Crippen LogP contribution in [0.1, 0.15) is 34.3 Å². The molecule has 5 rings (SSSR count). The molecule has 0 unspecified atom stereocenters. The van der Waals surface area contributed by atoms with Crippen molar-refractivity contribution < 1.29 is 9.53 Å². The molecule has 0 bridgehead atoms. The predicted octanol–water partition coefficient (Wildman–Crippen LogP) is 5.64. The maximum Gasteiger partial charge on any atom is 0.321 e. The molecule has 3 aromatic carbocycles. The third-order valence-corrected chi connectivity index (χ3v) is 6.58. The molecule has 4 aromatic rings. The second kappa shape index (κ2) is 11.1. The van der Waals surface area contributed by atoms with Gasteiger partial charge in [0.25, 0.3) is 5.91 Å². The molecule has 2 heterocycles. The number of aromatic nitrogens is 2. The summed E-state index contributed by atoms with van der Waals surface area (Å²) in [5.74, 6) is 0.534. The van der Waals surface area contributed by atoms with E-state index in [2.05, 4.69) is 57.4 Å². The van der Waals surface area contributed by atoms with Crippen LogP contribution in [0.4, 0.5) is 0 Å². The molecule has 1 aliphatic rings. The van der Waals surface area contributed by atoms with Gasteiger partial charge in [0.2, 0.25) is 0 Å². The fraction of sp³-hybridized carbons (Fsp3) is 0.233. The fourth-order valence-corrected chi connectivity index (χ4v) is 4.53. The molecule has 0 saturated carbocycles. The van der Waals surface area contributed by atoms with Crippen LogP contribution in [0.3, 0.4) is 0 Å². The van der Waals surface area contributed by atoms with Crippen LogP contribution in [-0.4, -0.2) is 39.9 Å². The maximum absolute atomic E-state index is 12.8. The number of nitrogens with zero attached hydrogens (tertiary/aromatic N) is 3. The van der Waals surface area contributed by atoms with E-state index in [1.54, 1.807) is 36.7 Å². The van der Waals surface area contributed by atoms with Gasteiger partial charge >= 0.3 is 6.01 Å². The minimum absolute atomic E-state index is 0.0538. The van der Waals surface area contributed by atoms with E-state index in [9.17, 15) is 4.79 Å². The average Bonchev–Trinajstić information content (AvgIpc) is 2.92. The third kappa shape index (κ3) is 5.96. The summed E-state index contributed by atoms with van der Waals surface area (Å²) in [6, 6.07) is 26.2. The number of aryl methyl sites for hydroxylation is 1. The number of ether oxygens (including phenoxy) is 1. The van der Waals surface area contributed by atoms with Crippen molar-refractivity contribution in [2.45, 2.75) is 32.4 Å². The van der Waals surface area contributed by atoms with Crippen LogP contribution in [-0.2, 0) is 6.54 Å². The van der Waals surface area contributed by atoms with E-state index < -0.39 is 0 Å². The van der Waals surface area contributed by atoms with E-state index in [1.165, 1.54) is 11.1 Å². The summed E-state index contributed by atoms with van der Waals surface area (Å²) in [7, 11) is 0. The van der Waals surface area contributed by atoms with Crippen LogP contribution < -0.4 is 10.1 Å². The lowest BCUT2D eigenvalue weighted by Gasteiger charge is -2.32. The number of piperidine rings is 1. The first-order valence-corrected chi connectivity index (χ1v) is 12.4. The largest absolute Gasteiger partial charge is 0.424 e. The van der Waals surface area contributed by atoms with Gasteiger partial charge in [-0.15, -0.1) is 0 Å². The number of carbonyl (C=O) groups is 1. The van der Waals surface area contributed by atoms with Crippen LogP contribution >= 0.6 is 0 Å². The highest BCUT2D eigenvalue weighted by Crippen LogP contribution is 2.24. The number of nitrogens with one attached hydrogen (secondary N) is 1. The molecule has 1 amide bonds. The van der Waals surface area contributed by atoms with Crippen LogP contribution in [0.5, 0.6) is 11.8 Å². The zero-order valence-corrected chi connectivity index (χ0v) is 20.4. The quantitative estimate of drug-likeness (QED) is 0.372. The van der Waals surface area contributed by atoms with Gasteiger partial charge in [0.05, 0.1) is 0 Å². The van der Waals surface area contributed by atoms with Crippen LogP contribution in [0.15, 0.2) is 91.3 Å². The Bertz CT molecular complexity index is 1280. The molecule has 0 aliphatic carbocycles. The number of hydrogen-bond acceptors (Lipinski definition) is 5. The van der Waals surface area contributed by atoms with Crippen LogP contribution in [0, 0.1) is 6.92 Å². The Morgan fingerprint density at radius 1 is 0.917 bits per heavy atom. The summed E-state index contributed by atoms with van der Waals surface area (Å²) in [6.45, 7) is 4.98. The van der Waals surface area contributed by atoms with Crippen molar-refractivity contribution in [2.75, 3.05) is 13.1 Å². The highest BCUT2D eigenvalue weighted by molar-refractivity contribution is 5.94. The highest BCUT2D eigenvalue weighted by atomic mass is 16.5. The second-order valence-corrected chi connectivity index (χ2v) is 9.21. The smallest absolute Gasteiger partial charge is 0.321 e. The van der Waals surface area contributed by atoms with Gasteiger partial charge in [-0.2, -0.15) is 0 Å². The summed E-state index contributed by atoms with van der Waals surface area (Å²) >= 11 is 0. The first kappa shape index (κ1) is 23.7. The molecule has 1 aromatic heterocycles. The number of hydrogen-bond donors (Lipinski definition) is 1. The number of likely N-dealkylation sites (tertiary alicyclic amines) is 1. The molecule has 1 saturated heterocycles. The Labute approximate surface area is 212 Å². The van der Waals surface area contributed by atoms with Crippen molar-refractivity contribution >= 4 is 5.91 Å². The normalized spacial score (nSPS) is 14.4. The van der Waals surface area contributed by atoms with Gasteiger partial charge in [0.15, 0.2) is 0 Å². The lowest BCUT2D eigenvalue weighted by molar-refractivity contribution is 0.0909. The van der Waals surface area contributed by atoms with E-state index in [0.717, 1.165) is 43.6 Å². The molecular weight excluding hydrogens is 448 g/mol.